The van der Waals surface area contributed by atoms with Gasteiger partial charge in [0, 0.05) is 25.5 Å². The molecule has 0 atom stereocenters. The molecular formula is C27H23Cl2F7N4O3. The van der Waals surface area contributed by atoms with Crippen LogP contribution in [-0.2, 0) is 30.1 Å². The Labute approximate surface area is 250 Å². The first-order chi connectivity index (χ1) is 20.1. The maximum atomic E-state index is 14.5. The first-order valence-corrected chi connectivity index (χ1v) is 13.6. The van der Waals surface area contributed by atoms with Crippen LogP contribution in [0.2, 0.25) is 10.0 Å². The average molecular weight is 655 g/mol. The molecule has 4 rings (SSSR count). The van der Waals surface area contributed by atoms with Gasteiger partial charge >= 0.3 is 18.3 Å². The fourth-order valence-electron chi connectivity index (χ4n) is 5.08. The van der Waals surface area contributed by atoms with Crippen molar-refractivity contribution in [1.82, 2.24) is 19.7 Å². The Morgan fingerprint density at radius 1 is 0.953 bits per heavy atom. The number of hydrogen-bond donors (Lipinski definition) is 1. The van der Waals surface area contributed by atoms with Gasteiger partial charge in [0.15, 0.2) is 11.4 Å². The van der Waals surface area contributed by atoms with Gasteiger partial charge in [-0.3, -0.25) is 19.3 Å². The molecule has 2 heterocycles. The molecule has 1 amide bonds. The van der Waals surface area contributed by atoms with Crippen molar-refractivity contribution in [1.29, 1.82) is 0 Å². The van der Waals surface area contributed by atoms with Crippen LogP contribution < -0.4 is 0 Å². The molecule has 1 saturated carbocycles. The molecule has 0 aliphatic heterocycles. The van der Waals surface area contributed by atoms with Crippen LogP contribution in [0.3, 0.4) is 0 Å². The summed E-state index contributed by atoms with van der Waals surface area (Å²) in [5.41, 5.74) is -5.10. The summed E-state index contributed by atoms with van der Waals surface area (Å²) in [5.74, 6) is -4.28. The number of nitrogens with zero attached hydrogens (tertiary/aromatic N) is 4. The second-order valence-electron chi connectivity index (χ2n) is 10.0. The van der Waals surface area contributed by atoms with Crippen LogP contribution in [0.1, 0.15) is 64.6 Å². The lowest BCUT2D eigenvalue weighted by Crippen LogP contribution is -2.35. The predicted molar refractivity (Wildman–Crippen MR) is 140 cm³/mol. The minimum absolute atomic E-state index is 0.0680. The molecule has 0 radical (unpaired) electrons. The van der Waals surface area contributed by atoms with E-state index in [1.54, 1.807) is 0 Å². The summed E-state index contributed by atoms with van der Waals surface area (Å²) in [6.07, 6.45) is -9.11. The Hall–Kier alpha value is -3.39. The van der Waals surface area contributed by atoms with Gasteiger partial charge in [-0.2, -0.15) is 31.4 Å². The maximum Gasteiger partial charge on any atom is 0.435 e. The van der Waals surface area contributed by atoms with Gasteiger partial charge in [-0.25, -0.2) is 4.39 Å². The molecule has 1 aliphatic rings. The third kappa shape index (κ3) is 7.40. The van der Waals surface area contributed by atoms with Crippen LogP contribution >= 0.6 is 23.2 Å². The van der Waals surface area contributed by atoms with Gasteiger partial charge in [-0.05, 0) is 55.4 Å². The van der Waals surface area contributed by atoms with Crippen molar-refractivity contribution in [3.63, 3.8) is 0 Å². The summed E-state index contributed by atoms with van der Waals surface area (Å²) in [4.78, 5) is 29.7. The van der Waals surface area contributed by atoms with E-state index in [9.17, 15) is 45.4 Å². The lowest BCUT2D eigenvalue weighted by Gasteiger charge is -2.28. The number of carbonyl (C=O) groups is 2. The van der Waals surface area contributed by atoms with Gasteiger partial charge in [0.25, 0.3) is 5.91 Å². The zero-order valence-electron chi connectivity index (χ0n) is 22.0. The topological polar surface area (TPSA) is 88.3 Å². The monoisotopic (exact) mass is 654 g/mol. The molecule has 2 aromatic heterocycles. The number of halogens is 9. The zero-order valence-corrected chi connectivity index (χ0v) is 23.5. The molecule has 7 nitrogen and oxygen atoms in total. The molecule has 0 spiro atoms. The van der Waals surface area contributed by atoms with Gasteiger partial charge in [0.05, 0.1) is 22.0 Å². The summed E-state index contributed by atoms with van der Waals surface area (Å²) in [7, 11) is 0. The summed E-state index contributed by atoms with van der Waals surface area (Å²) in [5, 5.41) is 12.7. The Morgan fingerprint density at radius 3 is 2.05 bits per heavy atom. The van der Waals surface area contributed by atoms with Crippen molar-refractivity contribution in [2.45, 2.75) is 57.0 Å². The molecule has 16 heteroatoms. The number of aromatic nitrogens is 3. The average Bonchev–Trinajstić information content (AvgIpc) is 3.35. The van der Waals surface area contributed by atoms with Crippen molar-refractivity contribution in [2.24, 2.45) is 5.92 Å². The van der Waals surface area contributed by atoms with E-state index in [2.05, 4.69) is 10.1 Å². The van der Waals surface area contributed by atoms with Gasteiger partial charge < -0.3 is 10.0 Å². The minimum Gasteiger partial charge on any atom is -0.481 e. The summed E-state index contributed by atoms with van der Waals surface area (Å²) in [6, 6.07) is 3.31. The van der Waals surface area contributed by atoms with Crippen molar-refractivity contribution < 1.29 is 45.4 Å². The number of amides is 1. The van der Waals surface area contributed by atoms with E-state index in [1.807, 2.05) is 0 Å². The van der Waals surface area contributed by atoms with Crippen LogP contribution in [0.15, 0.2) is 36.7 Å². The number of carboxylic acids is 1. The molecule has 1 aromatic carbocycles. The standard InChI is InChI=1S/C27H23Cl2F7N4O3/c28-19-11-37-12-20(29)18(19)9-10-39(13-14-1-5-16(30)6-2-14)24(41)21-22(26(31,32)33)38-40(23(21)27(34,35)36)17-7-3-15(4-8-17)25(42)43/h1-2,5-6,11-12,15,17H,3-4,7-10,13H2,(H,42,43). The summed E-state index contributed by atoms with van der Waals surface area (Å²) < 4.78 is 100. The number of pyridine rings is 1. The number of carbonyl (C=O) groups excluding carboxylic acids is 1. The van der Waals surface area contributed by atoms with Gasteiger partial charge in [0.2, 0.25) is 0 Å². The number of hydrogen-bond acceptors (Lipinski definition) is 4. The van der Waals surface area contributed by atoms with E-state index in [0.29, 0.717) is 0 Å². The molecule has 0 unspecified atom stereocenters. The molecule has 43 heavy (non-hydrogen) atoms. The van der Waals surface area contributed by atoms with Crippen molar-refractivity contribution in [2.75, 3.05) is 6.54 Å². The molecule has 232 valence electrons. The highest BCUT2D eigenvalue weighted by atomic mass is 35.5. The minimum atomic E-state index is -5.45. The number of alkyl halides is 6. The van der Waals surface area contributed by atoms with Crippen molar-refractivity contribution >= 4 is 35.1 Å². The SMILES string of the molecule is O=C(O)C1CCC(n2nc(C(F)(F)F)c(C(=O)N(CCc3c(Cl)cncc3Cl)Cc3ccc(F)cc3)c2C(F)(F)F)CC1. The second kappa shape index (κ2) is 12.7. The number of benzene rings is 1. The van der Waals surface area contributed by atoms with E-state index < -0.39 is 72.0 Å². The molecular weight excluding hydrogens is 632 g/mol. The van der Waals surface area contributed by atoms with E-state index in [4.69, 9.17) is 23.2 Å². The van der Waals surface area contributed by atoms with Crippen molar-refractivity contribution in [3.8, 4) is 0 Å². The largest absolute Gasteiger partial charge is 0.481 e. The Bertz CT molecular complexity index is 1470. The van der Waals surface area contributed by atoms with Gasteiger partial charge in [-0.15, -0.1) is 0 Å². The molecule has 3 aromatic rings. The highest BCUT2D eigenvalue weighted by molar-refractivity contribution is 6.35. The molecule has 1 N–H and O–H groups in total. The lowest BCUT2D eigenvalue weighted by molar-refractivity contribution is -0.147. The molecule has 0 bridgehead atoms. The highest BCUT2D eigenvalue weighted by Crippen LogP contribution is 2.44. The number of aliphatic carboxylic acids is 1. The van der Waals surface area contributed by atoms with Gasteiger partial charge in [0.1, 0.15) is 11.4 Å². The Morgan fingerprint density at radius 2 is 1.53 bits per heavy atom. The summed E-state index contributed by atoms with van der Waals surface area (Å²) >= 11 is 12.3. The quantitative estimate of drug-likeness (QED) is 0.255. The second-order valence-corrected chi connectivity index (χ2v) is 10.9. The van der Waals surface area contributed by atoms with Crippen LogP contribution in [0, 0.1) is 11.7 Å². The van der Waals surface area contributed by atoms with Crippen LogP contribution in [0.25, 0.3) is 0 Å². The van der Waals surface area contributed by atoms with E-state index >= 15 is 0 Å². The first kappa shape index (κ1) is 32.5. The third-order valence-electron chi connectivity index (χ3n) is 7.21. The van der Waals surface area contributed by atoms with Crippen molar-refractivity contribution in [3.05, 3.63) is 80.6 Å². The maximum absolute atomic E-state index is 14.5. The van der Waals surface area contributed by atoms with E-state index in [0.717, 1.165) is 17.0 Å². The first-order valence-electron chi connectivity index (χ1n) is 12.9. The predicted octanol–water partition coefficient (Wildman–Crippen LogP) is 7.46. The molecule has 1 fully saturated rings. The Kier molecular flexibility index (Phi) is 9.60. The lowest BCUT2D eigenvalue weighted by atomic mass is 9.86. The smallest absolute Gasteiger partial charge is 0.435 e. The summed E-state index contributed by atoms with van der Waals surface area (Å²) in [6.45, 7) is -0.911. The normalized spacial score (nSPS) is 17.6. The molecule has 1 aliphatic carbocycles. The third-order valence-corrected chi connectivity index (χ3v) is 7.86. The fourth-order valence-corrected chi connectivity index (χ4v) is 5.64. The Balaban J connectivity index is 1.81. The van der Waals surface area contributed by atoms with E-state index in [1.165, 1.54) is 24.5 Å². The van der Waals surface area contributed by atoms with Gasteiger partial charge in [-0.1, -0.05) is 35.3 Å². The van der Waals surface area contributed by atoms with Crippen LogP contribution in [0.4, 0.5) is 30.7 Å². The fraction of sp³-hybridized carbons (Fsp3) is 0.407. The van der Waals surface area contributed by atoms with Crippen LogP contribution in [0.5, 0.6) is 0 Å². The van der Waals surface area contributed by atoms with E-state index in [-0.39, 0.29) is 58.0 Å². The van der Waals surface area contributed by atoms with Crippen LogP contribution in [-0.4, -0.2) is 43.2 Å². The number of carboxylic acid groups (broad SMARTS) is 1. The number of rotatable bonds is 8. The molecule has 0 saturated heterocycles. The highest BCUT2D eigenvalue weighted by Gasteiger charge is 2.50. The zero-order chi connectivity index (χ0) is 31.7.